The summed E-state index contributed by atoms with van der Waals surface area (Å²) in [4.78, 5) is 0. The molecule has 2 saturated heterocycles. The molecule has 4 rings (SSSR count). The van der Waals surface area contributed by atoms with E-state index in [1.807, 2.05) is 0 Å². The van der Waals surface area contributed by atoms with Crippen LogP contribution < -0.4 is 10.4 Å². The van der Waals surface area contributed by atoms with Gasteiger partial charge in [0.1, 0.15) is 8.07 Å². The van der Waals surface area contributed by atoms with E-state index in [0.29, 0.717) is 0 Å². The van der Waals surface area contributed by atoms with Crippen LogP contribution in [0.15, 0.2) is 60.7 Å². The molecule has 2 aliphatic heterocycles. The van der Waals surface area contributed by atoms with Crippen molar-refractivity contribution in [2.75, 3.05) is 0 Å². The zero-order chi connectivity index (χ0) is 32.0. The van der Waals surface area contributed by atoms with Gasteiger partial charge >= 0.3 is 59.9 Å². The van der Waals surface area contributed by atoms with Gasteiger partial charge in [0.15, 0.2) is 0 Å². The molecule has 2 aromatic rings. The molecule has 0 saturated carbocycles. The highest BCUT2D eigenvalue weighted by molar-refractivity contribution is 7.04. The molecule has 2 heterocycles. The van der Waals surface area contributed by atoms with Crippen LogP contribution in [0.1, 0.15) is 0 Å². The summed E-state index contributed by atoms with van der Waals surface area (Å²) < 4.78 is 47.5. The molecule has 0 N–H and O–H groups in total. The Bertz CT molecular complexity index is 1170. The molecule has 0 radical (unpaired) electrons. The lowest BCUT2D eigenvalue weighted by molar-refractivity contribution is 0.232. The van der Waals surface area contributed by atoms with Crippen LogP contribution in [0, 0.1) is 0 Å². The van der Waals surface area contributed by atoms with Crippen molar-refractivity contribution in [1.82, 2.24) is 0 Å². The summed E-state index contributed by atoms with van der Waals surface area (Å²) in [7, 11) is -19.4. The fraction of sp³-hybridized carbons (Fsp3) is 0.571. The first-order chi connectivity index (χ1) is 19.6. The first-order valence-corrected chi connectivity index (χ1v) is 37.1. The van der Waals surface area contributed by atoms with Crippen molar-refractivity contribution in [3.05, 3.63) is 60.7 Å². The van der Waals surface area contributed by atoms with E-state index in [1.54, 1.807) is 0 Å². The summed E-state index contributed by atoms with van der Waals surface area (Å²) in [6.07, 6.45) is 0. The van der Waals surface area contributed by atoms with Gasteiger partial charge in [0.2, 0.25) is 0 Å². The standard InChI is InChI=1S/C28H54O7Si8/c1-36(2)29-37(3,4)32-41(11,33-38(5,6)30-36)23-25-43(27-19-15-13-16-20-27,28-21-17-14-18-22-28)26-24-42(12)34-39(7,8)31-40(9,10)35-42/h13-22H,23-26H2,1-12H3. The molecule has 0 aromatic heterocycles. The minimum Gasteiger partial charge on any atom is -0.416 e. The van der Waals surface area contributed by atoms with Gasteiger partial charge < -0.3 is 28.8 Å². The Hall–Kier alpha value is -0.105. The van der Waals surface area contributed by atoms with E-state index in [-0.39, 0.29) is 0 Å². The van der Waals surface area contributed by atoms with Gasteiger partial charge in [-0.15, -0.1) is 0 Å². The van der Waals surface area contributed by atoms with Gasteiger partial charge in [0.25, 0.3) is 0 Å². The summed E-state index contributed by atoms with van der Waals surface area (Å²) in [5.41, 5.74) is 0. The Labute approximate surface area is 269 Å². The summed E-state index contributed by atoms with van der Waals surface area (Å²) >= 11 is 0. The third-order valence-electron chi connectivity index (χ3n) is 7.99. The van der Waals surface area contributed by atoms with Crippen LogP contribution >= 0.6 is 0 Å². The lowest BCUT2D eigenvalue weighted by atomic mass is 10.4. The van der Waals surface area contributed by atoms with E-state index in [2.05, 4.69) is 139 Å². The van der Waals surface area contributed by atoms with Crippen LogP contribution in [0.2, 0.25) is 103 Å². The van der Waals surface area contributed by atoms with Crippen LogP contribution in [0.25, 0.3) is 0 Å². The SMILES string of the molecule is C[Si]1(C)O[Si](C)(C)O[Si](C)(CC[Si](CC[Si]2(C)O[Si](C)(C)O[Si](C)(C)O2)(c2ccccc2)c2ccccc2)O[Si](C)(C)O1. The van der Waals surface area contributed by atoms with Crippen LogP contribution in [-0.4, -0.2) is 68.0 Å². The first-order valence-electron chi connectivity index (χ1n) is 15.6. The van der Waals surface area contributed by atoms with Crippen molar-refractivity contribution >= 4 is 78.4 Å². The smallest absolute Gasteiger partial charge is 0.317 e. The van der Waals surface area contributed by atoms with Gasteiger partial charge in [-0.1, -0.05) is 71.0 Å². The van der Waals surface area contributed by atoms with Crippen LogP contribution in [0.3, 0.4) is 0 Å². The van der Waals surface area contributed by atoms with E-state index in [1.165, 1.54) is 10.4 Å². The molecule has 0 unspecified atom stereocenters. The monoisotopic (exact) mass is 726 g/mol. The minimum absolute atomic E-state index is 0.883. The molecule has 15 heteroatoms. The summed E-state index contributed by atoms with van der Waals surface area (Å²) in [6, 6.07) is 26.2. The molecular weight excluding hydrogens is 673 g/mol. The Kier molecular flexibility index (Phi) is 10.4. The molecule has 240 valence electrons. The fourth-order valence-electron chi connectivity index (χ4n) is 7.47. The van der Waals surface area contributed by atoms with E-state index in [0.717, 1.165) is 24.2 Å². The second-order valence-electron chi connectivity index (χ2n) is 14.8. The largest absolute Gasteiger partial charge is 0.416 e. The second-order valence-corrected chi connectivity index (χ2v) is 44.4. The van der Waals surface area contributed by atoms with Gasteiger partial charge in [0, 0.05) is 0 Å². The first kappa shape index (κ1) is 35.7. The van der Waals surface area contributed by atoms with Crippen LogP contribution in [0.5, 0.6) is 0 Å². The lowest BCUT2D eigenvalue weighted by Gasteiger charge is -2.49. The maximum Gasteiger partial charge on any atom is 0.317 e. The molecule has 43 heavy (non-hydrogen) atoms. The van der Waals surface area contributed by atoms with Crippen molar-refractivity contribution in [2.45, 2.75) is 103 Å². The number of rotatable bonds is 8. The molecule has 0 spiro atoms. The molecule has 0 aliphatic carbocycles. The van der Waals surface area contributed by atoms with Crippen molar-refractivity contribution < 1.29 is 28.8 Å². The normalized spacial score (nSPS) is 25.3. The maximum atomic E-state index is 7.07. The molecule has 7 nitrogen and oxygen atoms in total. The number of hydrogen-bond acceptors (Lipinski definition) is 7. The maximum absolute atomic E-state index is 7.07. The number of hydrogen-bond donors (Lipinski definition) is 0. The highest BCUT2D eigenvalue weighted by Gasteiger charge is 2.56. The Balaban J connectivity index is 1.75. The average Bonchev–Trinajstić information content (AvgIpc) is 2.80. The van der Waals surface area contributed by atoms with Crippen molar-refractivity contribution in [1.29, 1.82) is 0 Å². The van der Waals surface area contributed by atoms with Gasteiger partial charge in [-0.3, -0.25) is 0 Å². The topological polar surface area (TPSA) is 64.6 Å². The van der Waals surface area contributed by atoms with Crippen LogP contribution in [0.4, 0.5) is 0 Å². The lowest BCUT2D eigenvalue weighted by Crippen LogP contribution is -2.67. The zero-order valence-electron chi connectivity index (χ0n) is 28.5. The van der Waals surface area contributed by atoms with Crippen molar-refractivity contribution in [2.24, 2.45) is 0 Å². The molecule has 2 aromatic carbocycles. The highest BCUT2D eigenvalue weighted by atomic mass is 28.5. The Morgan fingerprint density at radius 3 is 0.930 bits per heavy atom. The van der Waals surface area contributed by atoms with E-state index >= 15 is 0 Å². The van der Waals surface area contributed by atoms with Gasteiger partial charge in [-0.05, 0) is 103 Å². The van der Waals surface area contributed by atoms with Crippen LogP contribution in [-0.2, 0) is 28.8 Å². The third kappa shape index (κ3) is 9.47. The fourth-order valence-corrected chi connectivity index (χ4v) is 54.2. The Morgan fingerprint density at radius 1 is 0.395 bits per heavy atom. The Morgan fingerprint density at radius 2 is 0.651 bits per heavy atom. The predicted octanol–water partition coefficient (Wildman–Crippen LogP) is 7.05. The van der Waals surface area contributed by atoms with Crippen molar-refractivity contribution in [3.8, 4) is 0 Å². The zero-order valence-corrected chi connectivity index (χ0v) is 36.5. The molecule has 2 fully saturated rings. The minimum atomic E-state index is -2.69. The van der Waals surface area contributed by atoms with Gasteiger partial charge in [-0.25, -0.2) is 0 Å². The third-order valence-corrected chi connectivity index (χ3v) is 43.0. The quantitative estimate of drug-likeness (QED) is 0.271. The molecular formula is C28H54O7Si8. The summed E-state index contributed by atoms with van der Waals surface area (Å²) in [5.74, 6) is 0. The van der Waals surface area contributed by atoms with Gasteiger partial charge in [-0.2, -0.15) is 0 Å². The predicted molar refractivity (Wildman–Crippen MR) is 195 cm³/mol. The second kappa shape index (κ2) is 12.5. The van der Waals surface area contributed by atoms with Crippen molar-refractivity contribution in [3.63, 3.8) is 0 Å². The number of benzene rings is 2. The summed E-state index contributed by atoms with van der Waals surface area (Å²) in [5, 5.41) is 2.88. The molecule has 0 amide bonds. The molecule has 0 bridgehead atoms. The average molecular weight is 727 g/mol. The molecule has 0 atom stereocenters. The van der Waals surface area contributed by atoms with Gasteiger partial charge in [0.05, 0.1) is 0 Å². The van der Waals surface area contributed by atoms with E-state index in [9.17, 15) is 0 Å². The highest BCUT2D eigenvalue weighted by Crippen LogP contribution is 2.38. The molecule has 2 aliphatic rings. The summed E-state index contributed by atoms with van der Waals surface area (Å²) in [6.45, 7) is 26.1. The van der Waals surface area contributed by atoms with E-state index < -0.39 is 68.0 Å². The van der Waals surface area contributed by atoms with E-state index in [4.69, 9.17) is 28.8 Å².